The number of rotatable bonds is 13. The maximum absolute atomic E-state index is 14.1. The lowest BCUT2D eigenvalue weighted by Gasteiger charge is -2.23. The maximum atomic E-state index is 14.1. The molecule has 5 aromatic rings. The van der Waals surface area contributed by atoms with Crippen molar-refractivity contribution < 1.29 is 41.2 Å². The summed E-state index contributed by atoms with van der Waals surface area (Å²) in [6.45, 7) is 2.05. The van der Waals surface area contributed by atoms with E-state index in [1.54, 1.807) is 18.2 Å². The Kier molecular flexibility index (Phi) is 11.7. The normalized spacial score (nSPS) is 17.9. The molecule has 0 aliphatic carbocycles. The molecule has 3 atom stereocenters. The third kappa shape index (κ3) is 8.15. The first-order valence-electron chi connectivity index (χ1n) is 21.2. The van der Waals surface area contributed by atoms with Gasteiger partial charge in [-0.3, -0.25) is 18.6 Å². The Morgan fingerprint density at radius 3 is 1.83 bits per heavy atom. The van der Waals surface area contributed by atoms with Gasteiger partial charge in [-0.05, 0) is 151 Å². The molecule has 326 valence electrons. The standard InChI is InChI=1S/C49H49N3O9S2/c1-29-18-39-32(12-14-37-22-34-8-4-6-10-41(34)51(37)48(39)54)24-43(29)60-27-30-19-31(21-36(20-30)50-47(53)46(16-17-62)63(56,57)59-3)28-61-45-25-33-13-15-38-23-35-9-5-7-11-42(35)52(38)49(55)40(33)26-44(45)58-2/h4-11,18-21,24-26,37-38,46,62H,12-17,22-23,27-28H2,1-3H3,(H,50,53)/t37-,38-,46?/m1/s1. The highest BCUT2D eigenvalue weighted by atomic mass is 32.2. The Morgan fingerprint density at radius 1 is 0.730 bits per heavy atom. The number of anilines is 3. The van der Waals surface area contributed by atoms with E-state index in [9.17, 15) is 22.8 Å². The van der Waals surface area contributed by atoms with Gasteiger partial charge in [0.05, 0.1) is 14.2 Å². The first-order chi connectivity index (χ1) is 30.5. The van der Waals surface area contributed by atoms with Crippen molar-refractivity contribution in [1.29, 1.82) is 0 Å². The van der Waals surface area contributed by atoms with Gasteiger partial charge in [0.1, 0.15) is 19.0 Å². The summed E-state index contributed by atoms with van der Waals surface area (Å²) in [5.74, 6) is 0.807. The van der Waals surface area contributed by atoms with Crippen molar-refractivity contribution in [1.82, 2.24) is 0 Å². The molecule has 1 N–H and O–H groups in total. The van der Waals surface area contributed by atoms with Crippen LogP contribution < -0.4 is 29.3 Å². The van der Waals surface area contributed by atoms with Crippen LogP contribution in [0, 0.1) is 6.92 Å². The van der Waals surface area contributed by atoms with Crippen molar-refractivity contribution in [3.05, 3.63) is 141 Å². The van der Waals surface area contributed by atoms with Crippen LogP contribution in [0.5, 0.6) is 17.2 Å². The van der Waals surface area contributed by atoms with Crippen LogP contribution in [0.2, 0.25) is 0 Å². The minimum absolute atomic E-state index is 0.00397. The number of fused-ring (bicyclic) bond motifs is 8. The number of benzene rings is 5. The minimum Gasteiger partial charge on any atom is -0.493 e. The number of ether oxygens (including phenoxy) is 3. The number of nitrogens with one attached hydrogen (secondary N) is 1. The first-order valence-corrected chi connectivity index (χ1v) is 23.3. The number of thiol groups is 1. The smallest absolute Gasteiger partial charge is 0.279 e. The average Bonchev–Trinajstić information content (AvgIpc) is 3.78. The van der Waals surface area contributed by atoms with E-state index in [0.717, 1.165) is 67.3 Å². The molecule has 14 heteroatoms. The van der Waals surface area contributed by atoms with E-state index < -0.39 is 21.3 Å². The van der Waals surface area contributed by atoms with Crippen LogP contribution in [-0.2, 0) is 58.0 Å². The zero-order valence-electron chi connectivity index (χ0n) is 35.4. The lowest BCUT2D eigenvalue weighted by Crippen LogP contribution is -2.36. The quantitative estimate of drug-likeness (QED) is 0.0896. The SMILES string of the molecule is COc1cc2c(cc1OCc1cc(COc3cc4c(cc3C)C(=O)N3c5ccccc5C[C@H]3CC4)cc(NC(=O)C(CCS)S(=O)(=O)OC)c1)CC[C@@H]1Cc3ccccc3N1C2=O. The molecule has 0 spiro atoms. The van der Waals surface area contributed by atoms with Crippen molar-refractivity contribution in [2.45, 2.75) is 82.4 Å². The number of nitrogens with zero attached hydrogens (tertiary/aromatic N) is 2. The van der Waals surface area contributed by atoms with Crippen LogP contribution >= 0.6 is 12.6 Å². The summed E-state index contributed by atoms with van der Waals surface area (Å²) in [5.41, 5.74) is 9.80. The molecular formula is C49H49N3O9S2. The highest BCUT2D eigenvalue weighted by Crippen LogP contribution is 2.42. The van der Waals surface area contributed by atoms with Gasteiger partial charge in [-0.25, -0.2) is 0 Å². The van der Waals surface area contributed by atoms with Crippen LogP contribution in [0.15, 0.2) is 91.0 Å². The predicted molar refractivity (Wildman–Crippen MR) is 244 cm³/mol. The average molecular weight is 888 g/mol. The molecule has 0 radical (unpaired) electrons. The van der Waals surface area contributed by atoms with Crippen molar-refractivity contribution in [3.8, 4) is 17.2 Å². The Morgan fingerprint density at radius 2 is 1.27 bits per heavy atom. The van der Waals surface area contributed by atoms with E-state index in [2.05, 4.69) is 30.1 Å². The van der Waals surface area contributed by atoms with Gasteiger partial charge < -0.3 is 29.3 Å². The molecule has 0 bridgehead atoms. The van der Waals surface area contributed by atoms with Crippen molar-refractivity contribution >= 4 is 57.5 Å². The van der Waals surface area contributed by atoms with Crippen LogP contribution in [-0.4, -0.2) is 63.4 Å². The summed E-state index contributed by atoms with van der Waals surface area (Å²) in [5, 5.41) is 1.30. The van der Waals surface area contributed by atoms with Gasteiger partial charge in [0.2, 0.25) is 5.91 Å². The summed E-state index contributed by atoms with van der Waals surface area (Å²) in [6, 6.07) is 29.1. The van der Waals surface area contributed by atoms with Crippen molar-refractivity contribution in [2.24, 2.45) is 0 Å². The molecule has 0 fully saturated rings. The number of methoxy groups -OCH3 is 1. The van der Waals surface area contributed by atoms with Gasteiger partial charge >= 0.3 is 0 Å². The fraction of sp³-hybridized carbons (Fsp3) is 0.327. The topological polar surface area (TPSA) is 141 Å². The molecule has 63 heavy (non-hydrogen) atoms. The molecule has 4 aliphatic rings. The molecule has 0 saturated heterocycles. The fourth-order valence-electron chi connectivity index (χ4n) is 9.60. The van der Waals surface area contributed by atoms with Crippen molar-refractivity contribution in [3.63, 3.8) is 0 Å². The van der Waals surface area contributed by atoms with Crippen LogP contribution in [0.3, 0.4) is 0 Å². The number of aryl methyl sites for hydroxylation is 3. The zero-order chi connectivity index (χ0) is 44.0. The number of carbonyl (C=O) groups is 3. The van der Waals surface area contributed by atoms with Gasteiger partial charge in [0, 0.05) is 40.3 Å². The number of carbonyl (C=O) groups excluding carboxylic acids is 3. The molecule has 0 saturated carbocycles. The van der Waals surface area contributed by atoms with Crippen LogP contribution in [0.1, 0.15) is 78.9 Å². The minimum atomic E-state index is -4.21. The van der Waals surface area contributed by atoms with Gasteiger partial charge in [0.15, 0.2) is 16.7 Å². The number of para-hydroxylation sites is 2. The van der Waals surface area contributed by atoms with Crippen molar-refractivity contribution in [2.75, 3.05) is 35.1 Å². The Hall–Kier alpha value is -5.83. The zero-order valence-corrected chi connectivity index (χ0v) is 37.1. The number of amides is 3. The second-order valence-corrected chi connectivity index (χ2v) is 18.9. The highest BCUT2D eigenvalue weighted by molar-refractivity contribution is 7.88. The molecular weight excluding hydrogens is 839 g/mol. The van der Waals surface area contributed by atoms with E-state index in [4.69, 9.17) is 18.4 Å². The van der Waals surface area contributed by atoms with E-state index in [-0.39, 0.29) is 49.3 Å². The second kappa shape index (κ2) is 17.4. The summed E-state index contributed by atoms with van der Waals surface area (Å²) >= 11 is 4.19. The number of hydrogen-bond donors (Lipinski definition) is 2. The van der Waals surface area contributed by atoms with Gasteiger partial charge in [-0.1, -0.05) is 36.4 Å². The summed E-state index contributed by atoms with van der Waals surface area (Å²) in [7, 11) is -1.65. The van der Waals surface area contributed by atoms with E-state index in [1.807, 2.05) is 77.4 Å². The van der Waals surface area contributed by atoms with Crippen LogP contribution in [0.25, 0.3) is 0 Å². The van der Waals surface area contributed by atoms with E-state index in [0.29, 0.717) is 51.6 Å². The van der Waals surface area contributed by atoms with Gasteiger partial charge in [-0.15, -0.1) is 0 Å². The van der Waals surface area contributed by atoms with Crippen LogP contribution in [0.4, 0.5) is 17.1 Å². The van der Waals surface area contributed by atoms with Gasteiger partial charge in [0.25, 0.3) is 21.9 Å². The maximum Gasteiger partial charge on any atom is 0.279 e. The first kappa shape index (κ1) is 42.5. The molecule has 12 nitrogen and oxygen atoms in total. The molecule has 4 heterocycles. The Bertz CT molecular complexity index is 2760. The third-order valence-corrected chi connectivity index (χ3v) is 14.6. The Labute approximate surface area is 373 Å². The monoisotopic (exact) mass is 887 g/mol. The van der Waals surface area contributed by atoms with E-state index >= 15 is 0 Å². The van der Waals surface area contributed by atoms with E-state index in [1.165, 1.54) is 18.2 Å². The predicted octanol–water partition coefficient (Wildman–Crippen LogP) is 7.80. The lowest BCUT2D eigenvalue weighted by molar-refractivity contribution is -0.116. The number of hydrogen-bond acceptors (Lipinski definition) is 10. The molecule has 0 aromatic heterocycles. The van der Waals surface area contributed by atoms with Gasteiger partial charge in [-0.2, -0.15) is 21.0 Å². The lowest BCUT2D eigenvalue weighted by atomic mass is 9.98. The molecule has 1 unspecified atom stereocenters. The molecule has 4 aliphatic heterocycles. The largest absolute Gasteiger partial charge is 0.493 e. The summed E-state index contributed by atoms with van der Waals surface area (Å²) in [6.07, 6.45) is 4.61. The molecule has 3 amide bonds. The third-order valence-electron chi connectivity index (χ3n) is 12.7. The second-order valence-electron chi connectivity index (χ2n) is 16.6. The Balaban J connectivity index is 0.982. The highest BCUT2D eigenvalue weighted by Gasteiger charge is 2.39. The fourth-order valence-corrected chi connectivity index (χ4v) is 11.0. The molecule has 9 rings (SSSR count). The molecule has 5 aromatic carbocycles. The summed E-state index contributed by atoms with van der Waals surface area (Å²) < 4.78 is 48.9. The summed E-state index contributed by atoms with van der Waals surface area (Å²) in [4.78, 5) is 45.5.